The second-order valence-electron chi connectivity index (χ2n) is 9.86. The van der Waals surface area contributed by atoms with Crippen LogP contribution in [-0.2, 0) is 22.2 Å². The van der Waals surface area contributed by atoms with Crippen LogP contribution in [0.3, 0.4) is 0 Å². The van der Waals surface area contributed by atoms with Crippen LogP contribution in [0.15, 0.2) is 36.4 Å². The van der Waals surface area contributed by atoms with E-state index in [-0.39, 0.29) is 34.7 Å². The van der Waals surface area contributed by atoms with Crippen molar-refractivity contribution in [2.24, 2.45) is 0 Å². The van der Waals surface area contributed by atoms with Crippen molar-refractivity contribution in [3.05, 3.63) is 64.2 Å². The molecule has 5 heteroatoms. The summed E-state index contributed by atoms with van der Waals surface area (Å²) in [5, 5.41) is 10.8. The third-order valence-corrected chi connectivity index (χ3v) is 4.94. The fourth-order valence-electron chi connectivity index (χ4n) is 3.24. The topological polar surface area (TPSA) is 66.8 Å². The molecule has 0 atom stereocenters. The summed E-state index contributed by atoms with van der Waals surface area (Å²) in [6.07, 6.45) is 0. The maximum absolute atomic E-state index is 12.8. The van der Waals surface area contributed by atoms with Crippen LogP contribution < -0.4 is 0 Å². The van der Waals surface area contributed by atoms with Gasteiger partial charge in [0.1, 0.15) is 12.4 Å². The van der Waals surface area contributed by atoms with Crippen LogP contribution in [0.25, 0.3) is 0 Å². The summed E-state index contributed by atoms with van der Waals surface area (Å²) in [7, 11) is 3.28. The zero-order valence-corrected chi connectivity index (χ0v) is 19.3. The number of nitrogens with zero attached hydrogens (tertiary/aromatic N) is 1. The Bertz CT molecular complexity index is 911. The first-order valence-corrected chi connectivity index (χ1v) is 10.1. The molecule has 1 amide bonds. The number of aromatic hydroxyl groups is 1. The van der Waals surface area contributed by atoms with Crippen LogP contribution in [0.1, 0.15) is 78.9 Å². The Labute approximate surface area is 179 Å². The number of esters is 1. The molecule has 2 rings (SSSR count). The molecule has 0 radical (unpaired) electrons. The molecule has 1 N–H and O–H groups in total. The third kappa shape index (κ3) is 5.21. The van der Waals surface area contributed by atoms with Crippen molar-refractivity contribution in [2.75, 3.05) is 14.1 Å². The SMILES string of the molecule is CN(C)C(=O)c1ccccc1C(=O)OCc1cc(C(C)(C)C)c(O)c(C(C)(C)C)c1. The number of ether oxygens (including phenoxy) is 1. The Hall–Kier alpha value is -2.82. The van der Waals surface area contributed by atoms with Crippen molar-refractivity contribution in [2.45, 2.75) is 59.0 Å². The van der Waals surface area contributed by atoms with Gasteiger partial charge in [-0.1, -0.05) is 53.7 Å². The van der Waals surface area contributed by atoms with Crippen molar-refractivity contribution in [1.29, 1.82) is 0 Å². The van der Waals surface area contributed by atoms with E-state index in [0.717, 1.165) is 16.7 Å². The number of hydrogen-bond acceptors (Lipinski definition) is 4. The Morgan fingerprint density at radius 2 is 1.37 bits per heavy atom. The first-order chi connectivity index (χ1) is 13.7. The highest BCUT2D eigenvalue weighted by Gasteiger charge is 2.27. The Balaban J connectivity index is 2.37. The zero-order chi connectivity index (χ0) is 22.9. The van der Waals surface area contributed by atoms with E-state index < -0.39 is 5.97 Å². The lowest BCUT2D eigenvalue weighted by molar-refractivity contribution is 0.0467. The smallest absolute Gasteiger partial charge is 0.339 e. The average Bonchev–Trinajstić information content (AvgIpc) is 2.64. The number of rotatable bonds is 4. The van der Waals surface area contributed by atoms with E-state index in [1.165, 1.54) is 4.90 Å². The number of carbonyl (C=O) groups excluding carboxylic acids is 2. The molecule has 0 aliphatic carbocycles. The molecular weight excluding hydrogens is 378 g/mol. The lowest BCUT2D eigenvalue weighted by Crippen LogP contribution is -2.24. The van der Waals surface area contributed by atoms with Gasteiger partial charge < -0.3 is 14.7 Å². The molecule has 162 valence electrons. The fourth-order valence-corrected chi connectivity index (χ4v) is 3.24. The van der Waals surface area contributed by atoms with Crippen LogP contribution >= 0.6 is 0 Å². The highest BCUT2D eigenvalue weighted by molar-refractivity contribution is 6.05. The van der Waals surface area contributed by atoms with Crippen molar-refractivity contribution in [3.8, 4) is 5.75 Å². The number of phenols is 1. The molecule has 0 aliphatic rings. The quantitative estimate of drug-likeness (QED) is 0.715. The van der Waals surface area contributed by atoms with Gasteiger partial charge in [0.25, 0.3) is 5.91 Å². The van der Waals surface area contributed by atoms with Crippen molar-refractivity contribution >= 4 is 11.9 Å². The summed E-state index contributed by atoms with van der Waals surface area (Å²) in [4.78, 5) is 26.6. The zero-order valence-electron chi connectivity index (χ0n) is 19.3. The largest absolute Gasteiger partial charge is 0.507 e. The molecule has 5 nitrogen and oxygen atoms in total. The predicted octanol–water partition coefficient (Wildman–Crippen LogP) is 5.05. The number of amides is 1. The van der Waals surface area contributed by atoms with E-state index >= 15 is 0 Å². The number of benzene rings is 2. The van der Waals surface area contributed by atoms with Gasteiger partial charge >= 0.3 is 5.97 Å². The molecule has 0 spiro atoms. The van der Waals surface area contributed by atoms with E-state index in [1.807, 2.05) is 53.7 Å². The summed E-state index contributed by atoms with van der Waals surface area (Å²) in [5.41, 5.74) is 2.43. The van der Waals surface area contributed by atoms with Crippen LogP contribution in [0.5, 0.6) is 5.75 Å². The summed E-state index contributed by atoms with van der Waals surface area (Å²) < 4.78 is 5.57. The van der Waals surface area contributed by atoms with E-state index in [9.17, 15) is 14.7 Å². The molecule has 0 unspecified atom stereocenters. The second-order valence-corrected chi connectivity index (χ2v) is 9.86. The molecule has 0 aliphatic heterocycles. The number of hydrogen-bond donors (Lipinski definition) is 1. The van der Waals surface area contributed by atoms with Gasteiger partial charge in [-0.25, -0.2) is 4.79 Å². The minimum Gasteiger partial charge on any atom is -0.507 e. The van der Waals surface area contributed by atoms with Crippen molar-refractivity contribution in [1.82, 2.24) is 4.90 Å². The fraction of sp³-hybridized carbons (Fsp3) is 0.440. The molecule has 0 heterocycles. The van der Waals surface area contributed by atoms with Gasteiger partial charge in [-0.3, -0.25) is 4.79 Å². The van der Waals surface area contributed by atoms with Crippen LogP contribution in [0, 0.1) is 0 Å². The number of phenolic OH excluding ortho intramolecular Hbond substituents is 1. The predicted molar refractivity (Wildman–Crippen MR) is 119 cm³/mol. The highest BCUT2D eigenvalue weighted by atomic mass is 16.5. The van der Waals surface area contributed by atoms with E-state index in [0.29, 0.717) is 5.56 Å². The molecule has 0 saturated carbocycles. The molecule has 30 heavy (non-hydrogen) atoms. The minimum absolute atomic E-state index is 0.0514. The molecular formula is C25H33NO4. The normalized spacial score (nSPS) is 11.9. The van der Waals surface area contributed by atoms with E-state index in [2.05, 4.69) is 0 Å². The molecule has 0 aromatic heterocycles. The van der Waals surface area contributed by atoms with E-state index in [1.54, 1.807) is 38.4 Å². The maximum Gasteiger partial charge on any atom is 0.339 e. The Morgan fingerprint density at radius 1 is 0.900 bits per heavy atom. The van der Waals surface area contributed by atoms with Crippen LogP contribution in [-0.4, -0.2) is 36.0 Å². The Morgan fingerprint density at radius 3 is 1.80 bits per heavy atom. The summed E-state index contributed by atoms with van der Waals surface area (Å²) in [6, 6.07) is 10.4. The monoisotopic (exact) mass is 411 g/mol. The van der Waals surface area contributed by atoms with Gasteiger partial charge in [-0.2, -0.15) is 0 Å². The maximum atomic E-state index is 12.8. The van der Waals surface area contributed by atoms with Gasteiger partial charge in [-0.05, 0) is 51.8 Å². The second kappa shape index (κ2) is 8.50. The van der Waals surface area contributed by atoms with Gasteiger partial charge in [-0.15, -0.1) is 0 Å². The highest BCUT2D eigenvalue weighted by Crippen LogP contribution is 2.39. The van der Waals surface area contributed by atoms with Gasteiger partial charge in [0.2, 0.25) is 0 Å². The summed E-state index contributed by atoms with van der Waals surface area (Å²) >= 11 is 0. The first kappa shape index (κ1) is 23.5. The van der Waals surface area contributed by atoms with Crippen LogP contribution in [0.4, 0.5) is 0 Å². The molecule has 2 aromatic rings. The lowest BCUT2D eigenvalue weighted by atomic mass is 9.78. The van der Waals surface area contributed by atoms with Gasteiger partial charge in [0.15, 0.2) is 0 Å². The minimum atomic E-state index is -0.552. The first-order valence-electron chi connectivity index (χ1n) is 10.1. The summed E-state index contributed by atoms with van der Waals surface area (Å²) in [5.74, 6) is -0.521. The average molecular weight is 412 g/mol. The van der Waals surface area contributed by atoms with Gasteiger partial charge in [0.05, 0.1) is 11.1 Å². The number of carbonyl (C=O) groups is 2. The van der Waals surface area contributed by atoms with Crippen LogP contribution in [0.2, 0.25) is 0 Å². The molecule has 0 fully saturated rings. The Kier molecular flexibility index (Phi) is 6.65. The van der Waals surface area contributed by atoms with Crippen molar-refractivity contribution in [3.63, 3.8) is 0 Å². The molecule has 2 aromatic carbocycles. The molecule has 0 saturated heterocycles. The van der Waals surface area contributed by atoms with E-state index in [4.69, 9.17) is 4.74 Å². The standard InChI is InChI=1S/C25H33NO4/c1-24(2,3)19-13-16(14-20(21(19)27)25(4,5)6)15-30-23(29)18-12-10-9-11-17(18)22(28)26(7)8/h9-14,27H,15H2,1-8H3. The lowest BCUT2D eigenvalue weighted by Gasteiger charge is -2.28. The van der Waals surface area contributed by atoms with Crippen molar-refractivity contribution < 1.29 is 19.4 Å². The molecule has 0 bridgehead atoms. The third-order valence-electron chi connectivity index (χ3n) is 4.94. The summed E-state index contributed by atoms with van der Waals surface area (Å²) in [6.45, 7) is 12.3. The van der Waals surface area contributed by atoms with Gasteiger partial charge in [0, 0.05) is 14.1 Å².